The second-order valence-electron chi connectivity index (χ2n) is 5.06. The van der Waals surface area contributed by atoms with Gasteiger partial charge < -0.3 is 9.26 Å². The average Bonchev–Trinajstić information content (AvgIpc) is 3.34. The largest absolute Gasteiger partial charge is 0.376 e. The van der Waals surface area contributed by atoms with Crippen LogP contribution in [0.3, 0.4) is 0 Å². The molecule has 3 aromatic heterocycles. The van der Waals surface area contributed by atoms with Crippen molar-refractivity contribution >= 4 is 23.1 Å². The third kappa shape index (κ3) is 3.43. The summed E-state index contributed by atoms with van der Waals surface area (Å²) in [4.78, 5) is 5.39. The monoisotopic (exact) mass is 350 g/mol. The quantitative estimate of drug-likeness (QED) is 0.625. The van der Waals surface area contributed by atoms with Crippen molar-refractivity contribution in [1.82, 2.24) is 30.3 Å². The molecule has 1 unspecified atom stereocenters. The van der Waals surface area contributed by atoms with Gasteiger partial charge in [0.1, 0.15) is 0 Å². The smallest absolute Gasteiger partial charge is 0.237 e. The highest BCUT2D eigenvalue weighted by molar-refractivity contribution is 7.98. The second-order valence-corrected chi connectivity index (χ2v) is 6.95. The van der Waals surface area contributed by atoms with Crippen LogP contribution < -0.4 is 0 Å². The Morgan fingerprint density at radius 1 is 1.43 bits per heavy atom. The molecular weight excluding hydrogens is 336 g/mol. The van der Waals surface area contributed by atoms with Crippen molar-refractivity contribution < 1.29 is 9.26 Å². The first-order valence-electron chi connectivity index (χ1n) is 7.25. The molecule has 4 heterocycles. The molecule has 23 heavy (non-hydrogen) atoms. The molecule has 8 nitrogen and oxygen atoms in total. The van der Waals surface area contributed by atoms with Gasteiger partial charge in [-0.05, 0) is 34.7 Å². The van der Waals surface area contributed by atoms with Crippen molar-refractivity contribution in [2.75, 3.05) is 6.61 Å². The molecule has 10 heteroatoms. The third-order valence-corrected chi connectivity index (χ3v) is 5.24. The van der Waals surface area contributed by atoms with E-state index in [-0.39, 0.29) is 6.10 Å². The summed E-state index contributed by atoms with van der Waals surface area (Å²) in [7, 11) is 0. The van der Waals surface area contributed by atoms with Crippen molar-refractivity contribution in [2.24, 2.45) is 0 Å². The predicted molar refractivity (Wildman–Crippen MR) is 84.0 cm³/mol. The van der Waals surface area contributed by atoms with Crippen LogP contribution >= 0.6 is 23.1 Å². The molecule has 0 spiro atoms. The average molecular weight is 350 g/mol. The van der Waals surface area contributed by atoms with Gasteiger partial charge in [0.05, 0.1) is 23.3 Å². The zero-order valence-electron chi connectivity index (χ0n) is 12.2. The number of hydrogen-bond acceptors (Lipinski definition) is 9. The molecule has 0 aliphatic carbocycles. The number of nitrogens with zero attached hydrogens (tertiary/aromatic N) is 6. The molecule has 1 aliphatic rings. The summed E-state index contributed by atoms with van der Waals surface area (Å²) in [6.07, 6.45) is 2.35. The number of thioether (sulfide) groups is 1. The van der Waals surface area contributed by atoms with Gasteiger partial charge in [-0.3, -0.25) is 0 Å². The van der Waals surface area contributed by atoms with Crippen LogP contribution in [0.1, 0.15) is 18.7 Å². The summed E-state index contributed by atoms with van der Waals surface area (Å²) in [6, 6.07) is 3.93. The van der Waals surface area contributed by atoms with E-state index in [2.05, 4.69) is 25.7 Å². The highest BCUT2D eigenvalue weighted by Gasteiger charge is 2.19. The Kier molecular flexibility index (Phi) is 4.35. The number of rotatable bonds is 6. The van der Waals surface area contributed by atoms with E-state index in [0.29, 0.717) is 24.0 Å². The summed E-state index contributed by atoms with van der Waals surface area (Å²) >= 11 is 3.06. The van der Waals surface area contributed by atoms with E-state index in [1.54, 1.807) is 16.0 Å². The molecule has 0 bridgehead atoms. The Morgan fingerprint density at radius 2 is 2.43 bits per heavy atom. The number of thiophene rings is 1. The SMILES string of the molecule is c1csc(-c2noc(CSc3nnnn3CC3CCCO3)n2)c1. The van der Waals surface area contributed by atoms with Gasteiger partial charge in [0.15, 0.2) is 0 Å². The summed E-state index contributed by atoms with van der Waals surface area (Å²) in [5.41, 5.74) is 0. The molecule has 1 aliphatic heterocycles. The summed E-state index contributed by atoms with van der Waals surface area (Å²) in [6.45, 7) is 1.50. The molecule has 1 fully saturated rings. The lowest BCUT2D eigenvalue weighted by Crippen LogP contribution is -2.16. The molecule has 1 saturated heterocycles. The molecule has 0 amide bonds. The van der Waals surface area contributed by atoms with Crippen LogP contribution in [0.5, 0.6) is 0 Å². The van der Waals surface area contributed by atoms with Gasteiger partial charge >= 0.3 is 0 Å². The Bertz CT molecular complexity index is 750. The molecule has 120 valence electrons. The van der Waals surface area contributed by atoms with E-state index in [9.17, 15) is 0 Å². The van der Waals surface area contributed by atoms with Crippen LogP contribution in [0.15, 0.2) is 27.2 Å². The van der Waals surface area contributed by atoms with Crippen LogP contribution in [0.2, 0.25) is 0 Å². The molecular formula is C13H14N6O2S2. The van der Waals surface area contributed by atoms with Gasteiger partial charge in [-0.15, -0.1) is 16.4 Å². The molecule has 1 atom stereocenters. The molecule has 4 rings (SSSR count). The van der Waals surface area contributed by atoms with E-state index < -0.39 is 0 Å². The first-order valence-corrected chi connectivity index (χ1v) is 9.12. The van der Waals surface area contributed by atoms with E-state index in [0.717, 1.165) is 29.5 Å². The fourth-order valence-corrected chi connectivity index (χ4v) is 3.71. The van der Waals surface area contributed by atoms with Crippen LogP contribution in [-0.4, -0.2) is 43.1 Å². The van der Waals surface area contributed by atoms with Gasteiger partial charge in [0, 0.05) is 6.61 Å². The maximum atomic E-state index is 5.62. The number of tetrazole rings is 1. The lowest BCUT2D eigenvalue weighted by Gasteiger charge is -2.09. The fourth-order valence-electron chi connectivity index (χ4n) is 2.34. The number of ether oxygens (including phenoxy) is 1. The Morgan fingerprint density at radius 3 is 3.26 bits per heavy atom. The van der Waals surface area contributed by atoms with Gasteiger partial charge in [0.25, 0.3) is 0 Å². The lowest BCUT2D eigenvalue weighted by atomic mass is 10.2. The van der Waals surface area contributed by atoms with Gasteiger partial charge in [-0.2, -0.15) is 4.98 Å². The van der Waals surface area contributed by atoms with E-state index in [4.69, 9.17) is 9.26 Å². The van der Waals surface area contributed by atoms with Crippen molar-refractivity contribution in [1.29, 1.82) is 0 Å². The number of hydrogen-bond donors (Lipinski definition) is 0. The first-order chi connectivity index (χ1) is 11.4. The van der Waals surface area contributed by atoms with Crippen LogP contribution in [0.25, 0.3) is 10.7 Å². The van der Waals surface area contributed by atoms with E-state index in [1.165, 1.54) is 11.8 Å². The van der Waals surface area contributed by atoms with Crippen LogP contribution in [0, 0.1) is 0 Å². The molecule has 0 aromatic carbocycles. The minimum atomic E-state index is 0.201. The summed E-state index contributed by atoms with van der Waals surface area (Å²) in [5, 5.41) is 18.5. The van der Waals surface area contributed by atoms with E-state index >= 15 is 0 Å². The summed E-state index contributed by atoms with van der Waals surface area (Å²) in [5.74, 6) is 1.71. The first kappa shape index (κ1) is 14.8. The zero-order valence-corrected chi connectivity index (χ0v) is 13.8. The van der Waals surface area contributed by atoms with Crippen LogP contribution in [-0.2, 0) is 17.0 Å². The minimum Gasteiger partial charge on any atom is -0.376 e. The topological polar surface area (TPSA) is 91.8 Å². The molecule has 0 N–H and O–H groups in total. The Labute approximate surface area is 140 Å². The van der Waals surface area contributed by atoms with Crippen LogP contribution in [0.4, 0.5) is 0 Å². The number of aromatic nitrogens is 6. The maximum absolute atomic E-state index is 5.62. The fraction of sp³-hybridized carbons (Fsp3) is 0.462. The molecule has 3 aromatic rings. The highest BCUT2D eigenvalue weighted by Crippen LogP contribution is 2.25. The zero-order chi connectivity index (χ0) is 15.5. The lowest BCUT2D eigenvalue weighted by molar-refractivity contribution is 0.0912. The van der Waals surface area contributed by atoms with Crippen molar-refractivity contribution in [3.05, 3.63) is 23.4 Å². The normalized spacial score (nSPS) is 17.8. The maximum Gasteiger partial charge on any atom is 0.237 e. The third-order valence-electron chi connectivity index (χ3n) is 3.43. The molecule has 0 saturated carbocycles. The van der Waals surface area contributed by atoms with E-state index in [1.807, 2.05) is 17.5 Å². The Balaban J connectivity index is 1.38. The van der Waals surface area contributed by atoms with Crippen molar-refractivity contribution in [3.63, 3.8) is 0 Å². The van der Waals surface area contributed by atoms with Crippen molar-refractivity contribution in [2.45, 2.75) is 36.4 Å². The predicted octanol–water partition coefficient (Wildman–Crippen LogP) is 2.26. The van der Waals surface area contributed by atoms with Crippen molar-refractivity contribution in [3.8, 4) is 10.7 Å². The standard InChI is InChI=1S/C13H14N6O2S2/c1-3-9(20-5-1)7-19-13(15-17-18-19)23-8-11-14-12(16-21-11)10-4-2-6-22-10/h2,4,6,9H,1,3,5,7-8H2. The Hall–Kier alpha value is -1.78. The highest BCUT2D eigenvalue weighted by atomic mass is 32.2. The van der Waals surface area contributed by atoms with Gasteiger partial charge in [0.2, 0.25) is 16.9 Å². The second kappa shape index (κ2) is 6.77. The van der Waals surface area contributed by atoms with Gasteiger partial charge in [-0.25, -0.2) is 4.68 Å². The van der Waals surface area contributed by atoms with Gasteiger partial charge in [-0.1, -0.05) is 23.0 Å². The minimum absolute atomic E-state index is 0.201. The summed E-state index contributed by atoms with van der Waals surface area (Å²) < 4.78 is 12.7. The molecule has 0 radical (unpaired) electrons.